The maximum Gasteiger partial charge on any atom is 0.337 e. The van der Waals surface area contributed by atoms with Crippen molar-refractivity contribution in [2.75, 3.05) is 7.11 Å². The Bertz CT molecular complexity index is 699. The lowest BCUT2D eigenvalue weighted by atomic mass is 10.1. The standard InChI is InChI=1S/C14H11N3O2/c1-19-14(18)10-4-2-9(3-5-10)13-16-11-6-7-15-8-12(11)17-13/h2-8H,1H3,(H,16,17). The van der Waals surface area contributed by atoms with E-state index in [-0.39, 0.29) is 5.97 Å². The third-order valence-electron chi connectivity index (χ3n) is 2.86. The van der Waals surface area contributed by atoms with E-state index in [0.717, 1.165) is 22.4 Å². The lowest BCUT2D eigenvalue weighted by molar-refractivity contribution is 0.0601. The van der Waals surface area contributed by atoms with Crippen molar-refractivity contribution in [3.63, 3.8) is 0 Å². The van der Waals surface area contributed by atoms with Gasteiger partial charge >= 0.3 is 5.97 Å². The Labute approximate surface area is 109 Å². The van der Waals surface area contributed by atoms with E-state index in [2.05, 4.69) is 19.7 Å². The molecule has 94 valence electrons. The second-order valence-corrected chi connectivity index (χ2v) is 4.05. The molecule has 0 amide bonds. The van der Waals surface area contributed by atoms with Gasteiger partial charge in [-0.3, -0.25) is 4.98 Å². The van der Waals surface area contributed by atoms with Gasteiger partial charge in [-0.1, -0.05) is 12.1 Å². The first kappa shape index (κ1) is 11.4. The van der Waals surface area contributed by atoms with E-state index < -0.39 is 0 Å². The molecule has 0 atom stereocenters. The number of pyridine rings is 1. The van der Waals surface area contributed by atoms with E-state index in [4.69, 9.17) is 0 Å². The molecule has 5 nitrogen and oxygen atoms in total. The molecule has 2 heterocycles. The summed E-state index contributed by atoms with van der Waals surface area (Å²) in [6, 6.07) is 8.94. The van der Waals surface area contributed by atoms with Gasteiger partial charge in [0.05, 0.1) is 29.9 Å². The van der Waals surface area contributed by atoms with Gasteiger partial charge in [-0.25, -0.2) is 9.78 Å². The molecule has 0 saturated carbocycles. The summed E-state index contributed by atoms with van der Waals surface area (Å²) in [5.74, 6) is 0.403. The van der Waals surface area contributed by atoms with E-state index in [1.54, 1.807) is 24.5 Å². The van der Waals surface area contributed by atoms with Gasteiger partial charge in [0.15, 0.2) is 0 Å². The van der Waals surface area contributed by atoms with Crippen LogP contribution in [0, 0.1) is 0 Å². The van der Waals surface area contributed by atoms with Gasteiger partial charge in [0.2, 0.25) is 0 Å². The summed E-state index contributed by atoms with van der Waals surface area (Å²) >= 11 is 0. The molecule has 3 rings (SSSR count). The topological polar surface area (TPSA) is 67.9 Å². The number of ether oxygens (including phenoxy) is 1. The Hall–Kier alpha value is -2.69. The number of esters is 1. The van der Waals surface area contributed by atoms with Crippen molar-refractivity contribution in [1.29, 1.82) is 0 Å². The van der Waals surface area contributed by atoms with E-state index in [0.29, 0.717) is 5.56 Å². The van der Waals surface area contributed by atoms with Crippen LogP contribution in [-0.4, -0.2) is 28.0 Å². The molecular weight excluding hydrogens is 242 g/mol. The Morgan fingerprint density at radius 1 is 1.21 bits per heavy atom. The molecule has 0 spiro atoms. The van der Waals surface area contributed by atoms with Crippen LogP contribution in [0.4, 0.5) is 0 Å². The lowest BCUT2D eigenvalue weighted by Gasteiger charge is -2.00. The Morgan fingerprint density at radius 2 is 2.00 bits per heavy atom. The van der Waals surface area contributed by atoms with Crippen LogP contribution >= 0.6 is 0 Å². The zero-order valence-electron chi connectivity index (χ0n) is 10.3. The summed E-state index contributed by atoms with van der Waals surface area (Å²) in [7, 11) is 1.36. The number of imidazole rings is 1. The van der Waals surface area contributed by atoms with Crippen molar-refractivity contribution in [3.05, 3.63) is 48.3 Å². The predicted octanol–water partition coefficient (Wildman–Crippen LogP) is 2.41. The third-order valence-corrected chi connectivity index (χ3v) is 2.86. The van der Waals surface area contributed by atoms with Crippen LogP contribution in [-0.2, 0) is 4.74 Å². The van der Waals surface area contributed by atoms with Gasteiger partial charge in [-0.2, -0.15) is 0 Å². The number of methoxy groups -OCH3 is 1. The number of benzene rings is 1. The molecule has 0 aliphatic rings. The first-order valence-electron chi connectivity index (χ1n) is 5.76. The molecule has 19 heavy (non-hydrogen) atoms. The van der Waals surface area contributed by atoms with E-state index in [1.165, 1.54) is 7.11 Å². The monoisotopic (exact) mass is 253 g/mol. The number of hydrogen-bond donors (Lipinski definition) is 1. The molecule has 0 bridgehead atoms. The number of nitrogens with one attached hydrogen (secondary N) is 1. The van der Waals surface area contributed by atoms with Crippen LogP contribution in [0.1, 0.15) is 10.4 Å². The highest BCUT2D eigenvalue weighted by molar-refractivity contribution is 5.90. The van der Waals surface area contributed by atoms with Crippen LogP contribution in [0.15, 0.2) is 42.7 Å². The quantitative estimate of drug-likeness (QED) is 0.712. The number of carbonyl (C=O) groups is 1. The van der Waals surface area contributed by atoms with E-state index in [9.17, 15) is 4.79 Å². The summed E-state index contributed by atoms with van der Waals surface area (Å²) in [6.07, 6.45) is 3.43. The molecule has 5 heteroatoms. The van der Waals surface area contributed by atoms with Crippen molar-refractivity contribution < 1.29 is 9.53 Å². The van der Waals surface area contributed by atoms with Crippen LogP contribution in [0.3, 0.4) is 0 Å². The molecule has 2 aromatic heterocycles. The van der Waals surface area contributed by atoms with Crippen molar-refractivity contribution in [2.24, 2.45) is 0 Å². The molecule has 0 unspecified atom stereocenters. The normalized spacial score (nSPS) is 10.6. The fourth-order valence-corrected chi connectivity index (χ4v) is 1.88. The van der Waals surface area contributed by atoms with Crippen molar-refractivity contribution in [2.45, 2.75) is 0 Å². The van der Waals surface area contributed by atoms with E-state index in [1.807, 2.05) is 18.2 Å². The maximum atomic E-state index is 11.3. The first-order chi connectivity index (χ1) is 9.28. The van der Waals surface area contributed by atoms with Crippen molar-refractivity contribution >= 4 is 17.0 Å². The largest absolute Gasteiger partial charge is 0.465 e. The number of rotatable bonds is 2. The molecule has 0 aliphatic heterocycles. The Balaban J connectivity index is 1.99. The highest BCUT2D eigenvalue weighted by atomic mass is 16.5. The van der Waals surface area contributed by atoms with Gasteiger partial charge in [-0.05, 0) is 18.2 Å². The third kappa shape index (κ3) is 2.06. The molecule has 1 N–H and O–H groups in total. The predicted molar refractivity (Wildman–Crippen MR) is 70.7 cm³/mol. The smallest absolute Gasteiger partial charge is 0.337 e. The summed E-state index contributed by atoms with van der Waals surface area (Å²) < 4.78 is 4.66. The minimum Gasteiger partial charge on any atom is -0.465 e. The molecule has 0 radical (unpaired) electrons. The van der Waals surface area contributed by atoms with Crippen molar-refractivity contribution in [1.82, 2.24) is 15.0 Å². The second kappa shape index (κ2) is 4.53. The summed E-state index contributed by atoms with van der Waals surface area (Å²) in [5, 5.41) is 0. The summed E-state index contributed by atoms with van der Waals surface area (Å²) in [5.41, 5.74) is 3.17. The van der Waals surface area contributed by atoms with Crippen LogP contribution in [0.25, 0.3) is 22.4 Å². The number of carbonyl (C=O) groups excluding carboxylic acids is 1. The summed E-state index contributed by atoms with van der Waals surface area (Å²) in [4.78, 5) is 23.0. The van der Waals surface area contributed by atoms with Gasteiger partial charge in [-0.15, -0.1) is 0 Å². The van der Waals surface area contributed by atoms with Gasteiger partial charge in [0.1, 0.15) is 5.82 Å². The fraction of sp³-hybridized carbons (Fsp3) is 0.0714. The van der Waals surface area contributed by atoms with Gasteiger partial charge < -0.3 is 9.72 Å². The zero-order chi connectivity index (χ0) is 13.2. The molecular formula is C14H11N3O2. The number of H-pyrrole nitrogens is 1. The molecule has 0 saturated heterocycles. The number of aromatic nitrogens is 3. The van der Waals surface area contributed by atoms with Crippen molar-refractivity contribution in [3.8, 4) is 11.4 Å². The minimum atomic E-state index is -0.347. The average Bonchev–Trinajstić information content (AvgIpc) is 2.90. The molecule has 0 aliphatic carbocycles. The second-order valence-electron chi connectivity index (χ2n) is 4.05. The molecule has 0 fully saturated rings. The van der Waals surface area contributed by atoms with Crippen LogP contribution in [0.2, 0.25) is 0 Å². The van der Waals surface area contributed by atoms with Crippen LogP contribution < -0.4 is 0 Å². The number of hydrogen-bond acceptors (Lipinski definition) is 4. The highest BCUT2D eigenvalue weighted by Crippen LogP contribution is 2.20. The Kier molecular flexibility index (Phi) is 2.72. The van der Waals surface area contributed by atoms with E-state index >= 15 is 0 Å². The Morgan fingerprint density at radius 3 is 2.68 bits per heavy atom. The zero-order valence-corrected chi connectivity index (χ0v) is 10.3. The van der Waals surface area contributed by atoms with Crippen LogP contribution in [0.5, 0.6) is 0 Å². The van der Waals surface area contributed by atoms with Gasteiger partial charge in [0, 0.05) is 11.8 Å². The SMILES string of the molecule is COC(=O)c1ccc(-c2nc3ccncc3[nH]2)cc1. The van der Waals surface area contributed by atoms with Gasteiger partial charge in [0.25, 0.3) is 0 Å². The number of nitrogens with zero attached hydrogens (tertiary/aromatic N) is 2. The summed E-state index contributed by atoms with van der Waals surface area (Å²) in [6.45, 7) is 0. The maximum absolute atomic E-state index is 11.3. The molecule has 3 aromatic rings. The minimum absolute atomic E-state index is 0.347. The number of fused-ring (bicyclic) bond motifs is 1. The lowest BCUT2D eigenvalue weighted by Crippen LogP contribution is -2.00. The average molecular weight is 253 g/mol. The number of aromatic amines is 1. The molecule has 1 aromatic carbocycles. The first-order valence-corrected chi connectivity index (χ1v) is 5.76. The fourth-order valence-electron chi connectivity index (χ4n) is 1.88. The highest BCUT2D eigenvalue weighted by Gasteiger charge is 2.08.